The number of benzene rings is 1. The lowest BCUT2D eigenvalue weighted by Gasteiger charge is -2.23. The summed E-state index contributed by atoms with van der Waals surface area (Å²) in [7, 11) is 0. The highest BCUT2D eigenvalue weighted by atomic mass is 35.5. The predicted octanol–water partition coefficient (Wildman–Crippen LogP) is 2.92. The van der Waals surface area contributed by atoms with Crippen molar-refractivity contribution in [3.8, 4) is 0 Å². The van der Waals surface area contributed by atoms with E-state index in [9.17, 15) is 9.50 Å². The molecule has 2 atom stereocenters. The predicted molar refractivity (Wildman–Crippen MR) is 66.4 cm³/mol. The molecule has 0 heterocycles. The Morgan fingerprint density at radius 3 is 2.38 bits per heavy atom. The molecule has 16 heavy (non-hydrogen) atoms. The maximum absolute atomic E-state index is 13.4. The fraction of sp³-hybridized carbons (Fsp3) is 0.455. The van der Waals surface area contributed by atoms with Gasteiger partial charge in [0.2, 0.25) is 0 Å². The normalized spacial score (nSPS) is 14.4. The molecule has 5 heteroatoms. The summed E-state index contributed by atoms with van der Waals surface area (Å²) >= 11 is 5.84. The lowest BCUT2D eigenvalue weighted by atomic mass is 9.94. The third-order valence-electron chi connectivity index (χ3n) is 2.38. The van der Waals surface area contributed by atoms with E-state index >= 15 is 0 Å². The molecule has 0 aliphatic carbocycles. The molecule has 3 N–H and O–H groups in total. The van der Waals surface area contributed by atoms with Crippen LogP contribution in [0.15, 0.2) is 18.2 Å². The molecule has 2 nitrogen and oxygen atoms in total. The smallest absolute Gasteiger partial charge is 0.129 e. The van der Waals surface area contributed by atoms with E-state index in [2.05, 4.69) is 0 Å². The zero-order valence-electron chi connectivity index (χ0n) is 9.15. The van der Waals surface area contributed by atoms with Crippen LogP contribution in [-0.4, -0.2) is 11.2 Å². The minimum atomic E-state index is -0.806. The van der Waals surface area contributed by atoms with Crippen molar-refractivity contribution in [3.63, 3.8) is 0 Å². The largest absolute Gasteiger partial charge is 0.391 e. The second-order valence-corrected chi connectivity index (χ2v) is 4.30. The number of hydrogen-bond acceptors (Lipinski definition) is 2. The highest BCUT2D eigenvalue weighted by Crippen LogP contribution is 2.28. The molecule has 0 amide bonds. The van der Waals surface area contributed by atoms with E-state index in [0.29, 0.717) is 0 Å². The Labute approximate surface area is 106 Å². The molecular formula is C11H16Cl2FNO. The van der Waals surface area contributed by atoms with Gasteiger partial charge in [0.15, 0.2) is 0 Å². The minimum absolute atomic E-state index is 0. The Bertz CT molecular complexity index is 327. The standard InChI is InChI=1S/C11H15ClFNO.ClH/c1-6(2)11(15)10(14)9-7(12)4-3-5-8(9)13;/h3-6,10-11,15H,14H2,1-2H3;1H/t10-,11+;/m1./s1. The van der Waals surface area contributed by atoms with E-state index in [1.807, 2.05) is 13.8 Å². The quantitative estimate of drug-likeness (QED) is 0.885. The first-order chi connectivity index (χ1) is 6.95. The Morgan fingerprint density at radius 1 is 1.38 bits per heavy atom. The van der Waals surface area contributed by atoms with E-state index < -0.39 is 18.0 Å². The lowest BCUT2D eigenvalue weighted by molar-refractivity contribution is 0.0967. The van der Waals surface area contributed by atoms with E-state index in [1.54, 1.807) is 6.07 Å². The molecule has 1 rings (SSSR count). The summed E-state index contributed by atoms with van der Waals surface area (Å²) in [6.45, 7) is 3.64. The summed E-state index contributed by atoms with van der Waals surface area (Å²) in [5.41, 5.74) is 5.95. The Hall–Kier alpha value is -0.350. The number of nitrogens with two attached hydrogens (primary N) is 1. The zero-order chi connectivity index (χ0) is 11.6. The molecule has 0 saturated heterocycles. The van der Waals surface area contributed by atoms with Crippen molar-refractivity contribution in [3.05, 3.63) is 34.6 Å². The third-order valence-corrected chi connectivity index (χ3v) is 2.71. The first-order valence-corrected chi connectivity index (χ1v) is 5.20. The topological polar surface area (TPSA) is 46.2 Å². The average molecular weight is 268 g/mol. The van der Waals surface area contributed by atoms with Crippen LogP contribution in [0.1, 0.15) is 25.5 Å². The van der Waals surface area contributed by atoms with Crippen molar-refractivity contribution < 1.29 is 9.50 Å². The van der Waals surface area contributed by atoms with Gasteiger partial charge in [-0.15, -0.1) is 12.4 Å². The first kappa shape index (κ1) is 15.7. The van der Waals surface area contributed by atoms with Crippen molar-refractivity contribution >= 4 is 24.0 Å². The lowest BCUT2D eigenvalue weighted by Crippen LogP contribution is -2.31. The van der Waals surface area contributed by atoms with Gasteiger partial charge in [-0.1, -0.05) is 31.5 Å². The molecule has 0 radical (unpaired) electrons. The number of hydrogen-bond donors (Lipinski definition) is 2. The van der Waals surface area contributed by atoms with Crippen LogP contribution in [0.2, 0.25) is 5.02 Å². The van der Waals surface area contributed by atoms with Crippen molar-refractivity contribution in [2.75, 3.05) is 0 Å². The molecule has 1 aromatic rings. The van der Waals surface area contributed by atoms with Gasteiger partial charge in [-0.2, -0.15) is 0 Å². The van der Waals surface area contributed by atoms with Crippen LogP contribution >= 0.6 is 24.0 Å². The molecule has 0 aromatic heterocycles. The van der Waals surface area contributed by atoms with E-state index in [-0.39, 0.29) is 28.9 Å². The van der Waals surface area contributed by atoms with Crippen LogP contribution in [0, 0.1) is 11.7 Å². The van der Waals surface area contributed by atoms with Crippen LogP contribution in [0.4, 0.5) is 4.39 Å². The fourth-order valence-corrected chi connectivity index (χ4v) is 1.70. The van der Waals surface area contributed by atoms with Crippen molar-refractivity contribution in [1.29, 1.82) is 0 Å². The SMILES string of the molecule is CC(C)[C@H](O)[C@H](N)c1c(F)cccc1Cl.Cl. The van der Waals surface area contributed by atoms with Gasteiger partial charge >= 0.3 is 0 Å². The number of aliphatic hydroxyl groups is 1. The summed E-state index contributed by atoms with van der Waals surface area (Å²) in [6.07, 6.45) is -0.806. The minimum Gasteiger partial charge on any atom is -0.391 e. The molecule has 0 aliphatic heterocycles. The number of rotatable bonds is 3. The molecule has 1 aromatic carbocycles. The second kappa shape index (κ2) is 6.40. The molecule has 0 spiro atoms. The summed E-state index contributed by atoms with van der Waals surface area (Å²) in [4.78, 5) is 0. The summed E-state index contributed by atoms with van der Waals surface area (Å²) in [5, 5.41) is 10.00. The monoisotopic (exact) mass is 267 g/mol. The molecule has 0 saturated carbocycles. The van der Waals surface area contributed by atoms with Gasteiger partial charge in [-0.05, 0) is 18.1 Å². The molecule has 0 unspecified atom stereocenters. The Balaban J connectivity index is 0.00000225. The van der Waals surface area contributed by atoms with Crippen molar-refractivity contribution in [2.24, 2.45) is 11.7 Å². The Kier molecular flexibility index (Phi) is 6.26. The van der Waals surface area contributed by atoms with Crippen LogP contribution in [0.3, 0.4) is 0 Å². The third kappa shape index (κ3) is 3.32. The zero-order valence-corrected chi connectivity index (χ0v) is 10.7. The van der Waals surface area contributed by atoms with Gasteiger partial charge < -0.3 is 10.8 Å². The highest BCUT2D eigenvalue weighted by molar-refractivity contribution is 6.31. The highest BCUT2D eigenvalue weighted by Gasteiger charge is 2.24. The van der Waals surface area contributed by atoms with E-state index in [4.69, 9.17) is 17.3 Å². The second-order valence-electron chi connectivity index (χ2n) is 3.90. The van der Waals surface area contributed by atoms with Crippen LogP contribution in [0.25, 0.3) is 0 Å². The molecular weight excluding hydrogens is 252 g/mol. The van der Waals surface area contributed by atoms with E-state index in [0.717, 1.165) is 0 Å². The van der Waals surface area contributed by atoms with Gasteiger partial charge in [0.05, 0.1) is 12.1 Å². The van der Waals surface area contributed by atoms with Gasteiger partial charge in [-0.3, -0.25) is 0 Å². The van der Waals surface area contributed by atoms with Crippen LogP contribution in [-0.2, 0) is 0 Å². The summed E-state index contributed by atoms with van der Waals surface area (Å²) < 4.78 is 13.4. The molecule has 0 bridgehead atoms. The van der Waals surface area contributed by atoms with Gasteiger partial charge in [0.25, 0.3) is 0 Å². The summed E-state index contributed by atoms with van der Waals surface area (Å²) in [6, 6.07) is 3.56. The van der Waals surface area contributed by atoms with E-state index in [1.165, 1.54) is 12.1 Å². The molecule has 0 fully saturated rings. The van der Waals surface area contributed by atoms with Gasteiger partial charge in [0.1, 0.15) is 5.82 Å². The maximum Gasteiger partial charge on any atom is 0.129 e. The Morgan fingerprint density at radius 2 is 1.94 bits per heavy atom. The van der Waals surface area contributed by atoms with Crippen LogP contribution in [0.5, 0.6) is 0 Å². The number of halogens is 3. The fourth-order valence-electron chi connectivity index (χ4n) is 1.41. The first-order valence-electron chi connectivity index (χ1n) is 4.82. The van der Waals surface area contributed by atoms with Crippen LogP contribution < -0.4 is 5.73 Å². The van der Waals surface area contributed by atoms with Gasteiger partial charge in [-0.25, -0.2) is 4.39 Å². The van der Waals surface area contributed by atoms with Crippen molar-refractivity contribution in [1.82, 2.24) is 0 Å². The maximum atomic E-state index is 13.4. The molecule has 0 aliphatic rings. The van der Waals surface area contributed by atoms with Crippen molar-refractivity contribution in [2.45, 2.75) is 26.0 Å². The molecule has 92 valence electrons. The van der Waals surface area contributed by atoms with Gasteiger partial charge in [0, 0.05) is 10.6 Å². The average Bonchev–Trinajstić information content (AvgIpc) is 2.15. The summed E-state index contributed by atoms with van der Waals surface area (Å²) in [5.74, 6) is -0.523. The number of aliphatic hydroxyl groups excluding tert-OH is 1.